The van der Waals surface area contributed by atoms with E-state index in [9.17, 15) is 22.8 Å². The van der Waals surface area contributed by atoms with Crippen LogP contribution in [-0.2, 0) is 9.59 Å². The molecule has 0 aromatic heterocycles. The minimum absolute atomic E-state index is 0.100. The first kappa shape index (κ1) is 18.9. The molecule has 142 valence electrons. The van der Waals surface area contributed by atoms with E-state index in [1.54, 1.807) is 12.1 Å². The Morgan fingerprint density at radius 2 is 1.74 bits per heavy atom. The number of nitrogens with one attached hydrogen (secondary N) is 1. The number of anilines is 2. The lowest BCUT2D eigenvalue weighted by molar-refractivity contribution is -0.122. The molecule has 0 saturated carbocycles. The molecule has 4 nitrogen and oxygen atoms in total. The van der Waals surface area contributed by atoms with Crippen LogP contribution in [0.25, 0.3) is 0 Å². The fourth-order valence-corrected chi connectivity index (χ4v) is 3.04. The predicted octanol–water partition coefficient (Wildman–Crippen LogP) is 4.22. The minimum atomic E-state index is -1.64. The van der Waals surface area contributed by atoms with Crippen LogP contribution >= 0.6 is 0 Å². The second kappa shape index (κ2) is 7.42. The SMILES string of the molecule is CC(C)c1ccc(NC(=O)C2CC(=O)N(c3ccc(F)c(F)c3F)C2)cc1. The van der Waals surface area contributed by atoms with Gasteiger partial charge in [0.1, 0.15) is 0 Å². The van der Waals surface area contributed by atoms with Gasteiger partial charge in [-0.1, -0.05) is 26.0 Å². The maximum absolute atomic E-state index is 14.0. The second-order valence-electron chi connectivity index (χ2n) is 6.87. The summed E-state index contributed by atoms with van der Waals surface area (Å²) in [7, 11) is 0. The Labute approximate surface area is 155 Å². The summed E-state index contributed by atoms with van der Waals surface area (Å²) in [4.78, 5) is 25.6. The average Bonchev–Trinajstić information content (AvgIpc) is 3.02. The molecule has 2 aromatic carbocycles. The number of benzene rings is 2. The van der Waals surface area contributed by atoms with E-state index in [2.05, 4.69) is 19.2 Å². The van der Waals surface area contributed by atoms with E-state index in [-0.39, 0.29) is 24.6 Å². The zero-order valence-electron chi connectivity index (χ0n) is 14.9. The van der Waals surface area contributed by atoms with Gasteiger partial charge in [0.15, 0.2) is 17.5 Å². The fourth-order valence-electron chi connectivity index (χ4n) is 3.04. The molecular formula is C20H19F3N2O2. The van der Waals surface area contributed by atoms with Crippen molar-refractivity contribution >= 4 is 23.2 Å². The van der Waals surface area contributed by atoms with Crippen molar-refractivity contribution in [3.05, 3.63) is 59.4 Å². The highest BCUT2D eigenvalue weighted by Gasteiger charge is 2.37. The molecule has 1 unspecified atom stereocenters. The van der Waals surface area contributed by atoms with E-state index >= 15 is 0 Å². The van der Waals surface area contributed by atoms with Gasteiger partial charge in [-0.15, -0.1) is 0 Å². The number of hydrogen-bond acceptors (Lipinski definition) is 2. The molecule has 1 aliphatic rings. The van der Waals surface area contributed by atoms with Crippen LogP contribution < -0.4 is 10.2 Å². The van der Waals surface area contributed by atoms with Gasteiger partial charge >= 0.3 is 0 Å². The Morgan fingerprint density at radius 3 is 2.37 bits per heavy atom. The van der Waals surface area contributed by atoms with Crippen LogP contribution in [0.1, 0.15) is 31.7 Å². The van der Waals surface area contributed by atoms with Crippen LogP contribution in [0, 0.1) is 23.4 Å². The number of nitrogens with zero attached hydrogens (tertiary/aromatic N) is 1. The van der Waals surface area contributed by atoms with Crippen LogP contribution in [0.15, 0.2) is 36.4 Å². The third kappa shape index (κ3) is 3.82. The second-order valence-corrected chi connectivity index (χ2v) is 6.87. The first-order chi connectivity index (χ1) is 12.8. The summed E-state index contributed by atoms with van der Waals surface area (Å²) in [5, 5.41) is 2.73. The zero-order chi connectivity index (χ0) is 19.7. The molecule has 27 heavy (non-hydrogen) atoms. The van der Waals surface area contributed by atoms with Crippen molar-refractivity contribution in [2.24, 2.45) is 5.92 Å². The van der Waals surface area contributed by atoms with Gasteiger partial charge in [0.05, 0.1) is 11.6 Å². The van der Waals surface area contributed by atoms with Crippen LogP contribution in [0.2, 0.25) is 0 Å². The molecule has 2 aromatic rings. The van der Waals surface area contributed by atoms with Crippen molar-refractivity contribution < 1.29 is 22.8 Å². The Hall–Kier alpha value is -2.83. The summed E-state index contributed by atoms with van der Waals surface area (Å²) in [6, 6.07) is 9.11. The van der Waals surface area contributed by atoms with Gasteiger partial charge in [-0.05, 0) is 35.7 Å². The molecular weight excluding hydrogens is 357 g/mol. The highest BCUT2D eigenvalue weighted by atomic mass is 19.2. The summed E-state index contributed by atoms with van der Waals surface area (Å²) in [5.41, 5.74) is 1.36. The number of carbonyl (C=O) groups excluding carboxylic acids is 2. The molecule has 0 aliphatic carbocycles. The molecule has 1 N–H and O–H groups in total. The van der Waals surface area contributed by atoms with E-state index in [4.69, 9.17) is 0 Å². The van der Waals surface area contributed by atoms with Gasteiger partial charge in [0, 0.05) is 18.7 Å². The zero-order valence-corrected chi connectivity index (χ0v) is 14.9. The topological polar surface area (TPSA) is 49.4 Å². The van der Waals surface area contributed by atoms with E-state index in [0.717, 1.165) is 22.6 Å². The molecule has 0 radical (unpaired) electrons. The largest absolute Gasteiger partial charge is 0.326 e. The molecule has 7 heteroatoms. The number of rotatable bonds is 4. The monoisotopic (exact) mass is 376 g/mol. The Bertz CT molecular complexity index is 882. The first-order valence-corrected chi connectivity index (χ1v) is 8.62. The summed E-state index contributed by atoms with van der Waals surface area (Å²) in [6.07, 6.45) is -0.131. The van der Waals surface area contributed by atoms with Crippen molar-refractivity contribution in [3.8, 4) is 0 Å². The molecule has 1 fully saturated rings. The van der Waals surface area contributed by atoms with Crippen LogP contribution in [0.3, 0.4) is 0 Å². The van der Waals surface area contributed by atoms with E-state index in [0.29, 0.717) is 11.6 Å². The molecule has 1 saturated heterocycles. The molecule has 1 aliphatic heterocycles. The highest BCUT2D eigenvalue weighted by molar-refractivity contribution is 6.03. The van der Waals surface area contributed by atoms with E-state index in [1.807, 2.05) is 12.1 Å². The summed E-state index contributed by atoms with van der Waals surface area (Å²) >= 11 is 0. The Balaban J connectivity index is 1.71. The average molecular weight is 376 g/mol. The quantitative estimate of drug-likeness (QED) is 0.813. The van der Waals surface area contributed by atoms with Gasteiger partial charge in [0.25, 0.3) is 0 Å². The van der Waals surface area contributed by atoms with E-state index in [1.165, 1.54) is 0 Å². The van der Waals surface area contributed by atoms with Gasteiger partial charge in [0.2, 0.25) is 11.8 Å². The van der Waals surface area contributed by atoms with Crippen molar-refractivity contribution in [2.75, 3.05) is 16.8 Å². The number of hydrogen-bond donors (Lipinski definition) is 1. The smallest absolute Gasteiger partial charge is 0.229 e. The van der Waals surface area contributed by atoms with Crippen molar-refractivity contribution in [1.29, 1.82) is 0 Å². The number of halogens is 3. The molecule has 0 bridgehead atoms. The third-order valence-electron chi connectivity index (χ3n) is 4.65. The van der Waals surface area contributed by atoms with Crippen molar-refractivity contribution in [3.63, 3.8) is 0 Å². The molecule has 1 atom stereocenters. The number of amides is 2. The number of carbonyl (C=O) groups is 2. The summed E-state index contributed by atoms with van der Waals surface area (Å²) in [6.45, 7) is 4.02. The molecule has 3 rings (SSSR count). The van der Waals surface area contributed by atoms with Crippen LogP contribution in [-0.4, -0.2) is 18.4 Å². The highest BCUT2D eigenvalue weighted by Crippen LogP contribution is 2.30. The lowest BCUT2D eigenvalue weighted by atomic mass is 10.0. The van der Waals surface area contributed by atoms with Crippen LogP contribution in [0.5, 0.6) is 0 Å². The maximum atomic E-state index is 14.0. The van der Waals surface area contributed by atoms with E-state index < -0.39 is 29.3 Å². The standard InChI is InChI=1S/C20H19F3N2O2/c1-11(2)12-3-5-14(6-4-12)24-20(27)13-9-17(26)25(10-13)16-8-7-15(21)18(22)19(16)23/h3-8,11,13H,9-10H2,1-2H3,(H,24,27). The van der Waals surface area contributed by atoms with Gasteiger partial charge in [-0.25, -0.2) is 13.2 Å². The lowest BCUT2D eigenvalue weighted by Crippen LogP contribution is -2.29. The normalized spacial score (nSPS) is 16.9. The Morgan fingerprint density at radius 1 is 1.07 bits per heavy atom. The van der Waals surface area contributed by atoms with Gasteiger partial charge in [-0.3, -0.25) is 9.59 Å². The molecule has 1 heterocycles. The lowest BCUT2D eigenvalue weighted by Gasteiger charge is -2.18. The van der Waals surface area contributed by atoms with Gasteiger partial charge < -0.3 is 10.2 Å². The Kier molecular flexibility index (Phi) is 5.21. The maximum Gasteiger partial charge on any atom is 0.229 e. The molecule has 0 spiro atoms. The molecule has 2 amide bonds. The van der Waals surface area contributed by atoms with Gasteiger partial charge in [-0.2, -0.15) is 0 Å². The van der Waals surface area contributed by atoms with Crippen molar-refractivity contribution in [1.82, 2.24) is 0 Å². The fraction of sp³-hybridized carbons (Fsp3) is 0.300. The predicted molar refractivity (Wildman–Crippen MR) is 95.9 cm³/mol. The third-order valence-corrected chi connectivity index (χ3v) is 4.65. The minimum Gasteiger partial charge on any atom is -0.326 e. The summed E-state index contributed by atoms with van der Waals surface area (Å²) in [5.74, 6) is -5.66. The van der Waals surface area contributed by atoms with Crippen molar-refractivity contribution in [2.45, 2.75) is 26.2 Å². The van der Waals surface area contributed by atoms with Crippen LogP contribution in [0.4, 0.5) is 24.5 Å². The summed E-state index contributed by atoms with van der Waals surface area (Å²) < 4.78 is 40.5. The first-order valence-electron chi connectivity index (χ1n) is 8.62.